The second-order valence-electron chi connectivity index (χ2n) is 5.23. The molecule has 0 radical (unpaired) electrons. The van der Waals surface area contributed by atoms with Crippen LogP contribution < -0.4 is 0 Å². The number of aryl methyl sites for hydroxylation is 1. The molecule has 0 saturated carbocycles. The predicted octanol–water partition coefficient (Wildman–Crippen LogP) is 3.12. The van der Waals surface area contributed by atoms with E-state index in [-0.39, 0.29) is 0 Å². The van der Waals surface area contributed by atoms with Gasteiger partial charge in [0.25, 0.3) is 0 Å². The fourth-order valence-corrected chi connectivity index (χ4v) is 2.56. The first-order valence-electron chi connectivity index (χ1n) is 7.30. The Hall–Kier alpha value is -2.20. The molecular formula is C17H19N3O. The summed E-state index contributed by atoms with van der Waals surface area (Å²) in [6, 6.07) is 12.0. The summed E-state index contributed by atoms with van der Waals surface area (Å²) in [5.41, 5.74) is 2.71. The third-order valence-corrected chi connectivity index (χ3v) is 3.61. The molecule has 0 aliphatic carbocycles. The van der Waals surface area contributed by atoms with Gasteiger partial charge in [-0.25, -0.2) is 4.98 Å². The van der Waals surface area contributed by atoms with Crippen molar-refractivity contribution in [2.45, 2.75) is 32.4 Å². The van der Waals surface area contributed by atoms with Gasteiger partial charge in [0.15, 0.2) is 0 Å². The van der Waals surface area contributed by atoms with Crippen molar-refractivity contribution in [2.24, 2.45) is 0 Å². The summed E-state index contributed by atoms with van der Waals surface area (Å²) in [4.78, 5) is 8.75. The summed E-state index contributed by atoms with van der Waals surface area (Å²) in [7, 11) is 0. The Morgan fingerprint density at radius 1 is 1.19 bits per heavy atom. The van der Waals surface area contributed by atoms with Crippen molar-refractivity contribution in [2.75, 3.05) is 0 Å². The van der Waals surface area contributed by atoms with Gasteiger partial charge in [-0.15, -0.1) is 0 Å². The molecule has 0 amide bonds. The van der Waals surface area contributed by atoms with Gasteiger partial charge in [-0.1, -0.05) is 31.2 Å². The molecule has 0 saturated heterocycles. The van der Waals surface area contributed by atoms with E-state index in [4.69, 9.17) is 0 Å². The van der Waals surface area contributed by atoms with Crippen molar-refractivity contribution < 1.29 is 5.11 Å². The van der Waals surface area contributed by atoms with Crippen LogP contribution in [0.1, 0.15) is 30.8 Å². The topological polar surface area (TPSA) is 50.9 Å². The van der Waals surface area contributed by atoms with Crippen molar-refractivity contribution in [3.05, 3.63) is 60.3 Å². The van der Waals surface area contributed by atoms with E-state index in [9.17, 15) is 5.11 Å². The van der Waals surface area contributed by atoms with Crippen LogP contribution in [-0.4, -0.2) is 19.6 Å². The number of fused-ring (bicyclic) bond motifs is 1. The smallest absolute Gasteiger partial charge is 0.101 e. The average Bonchev–Trinajstić information content (AvgIpc) is 2.96. The molecule has 0 spiro atoms. The maximum atomic E-state index is 10.4. The zero-order valence-electron chi connectivity index (χ0n) is 12.1. The van der Waals surface area contributed by atoms with Gasteiger partial charge in [-0.2, -0.15) is 0 Å². The number of benzene rings is 1. The third-order valence-electron chi connectivity index (χ3n) is 3.61. The van der Waals surface area contributed by atoms with E-state index in [0.29, 0.717) is 6.42 Å². The molecule has 0 bridgehead atoms. The van der Waals surface area contributed by atoms with Crippen LogP contribution in [0.15, 0.2) is 48.9 Å². The Balaban J connectivity index is 1.82. The lowest BCUT2D eigenvalue weighted by Gasteiger charge is -2.13. The molecule has 4 heteroatoms. The van der Waals surface area contributed by atoms with E-state index in [0.717, 1.165) is 35.3 Å². The van der Waals surface area contributed by atoms with E-state index >= 15 is 0 Å². The number of aliphatic hydroxyl groups is 1. The monoisotopic (exact) mass is 281 g/mol. The summed E-state index contributed by atoms with van der Waals surface area (Å²) >= 11 is 0. The van der Waals surface area contributed by atoms with Gasteiger partial charge < -0.3 is 9.67 Å². The maximum Gasteiger partial charge on any atom is 0.101 e. The van der Waals surface area contributed by atoms with Crippen LogP contribution in [0.3, 0.4) is 0 Å². The van der Waals surface area contributed by atoms with E-state index in [1.165, 1.54) is 0 Å². The first kappa shape index (κ1) is 13.8. The number of rotatable bonds is 5. The minimum absolute atomic E-state index is 0.500. The van der Waals surface area contributed by atoms with Gasteiger partial charge in [0.1, 0.15) is 6.10 Å². The van der Waals surface area contributed by atoms with Crippen LogP contribution in [0.25, 0.3) is 10.9 Å². The summed E-state index contributed by atoms with van der Waals surface area (Å²) in [5.74, 6) is 0. The Bertz CT molecular complexity index is 735. The van der Waals surface area contributed by atoms with Gasteiger partial charge >= 0.3 is 0 Å². The third kappa shape index (κ3) is 2.95. The number of pyridine rings is 1. The lowest BCUT2D eigenvalue weighted by molar-refractivity contribution is 0.167. The fourth-order valence-electron chi connectivity index (χ4n) is 2.56. The van der Waals surface area contributed by atoms with Crippen molar-refractivity contribution in [3.63, 3.8) is 0 Å². The quantitative estimate of drug-likeness (QED) is 0.781. The molecule has 1 aromatic carbocycles. The maximum absolute atomic E-state index is 10.4. The molecule has 2 aromatic heterocycles. The second kappa shape index (κ2) is 6.06. The normalized spacial score (nSPS) is 12.7. The molecule has 0 aliphatic heterocycles. The van der Waals surface area contributed by atoms with Crippen LogP contribution in [0.4, 0.5) is 0 Å². The Labute approximate surface area is 124 Å². The first-order valence-corrected chi connectivity index (χ1v) is 7.30. The lowest BCUT2D eigenvalue weighted by Crippen LogP contribution is -2.10. The number of para-hydroxylation sites is 1. The number of imidazole rings is 1. The van der Waals surface area contributed by atoms with Crippen LogP contribution in [0, 0.1) is 0 Å². The Morgan fingerprint density at radius 2 is 2.05 bits per heavy atom. The lowest BCUT2D eigenvalue weighted by atomic mass is 10.1. The number of hydrogen-bond donors (Lipinski definition) is 1. The molecule has 1 N–H and O–H groups in total. The molecule has 3 aromatic rings. The SMILES string of the molecule is CCCn1cncc1C(O)Cc1ccc2ccccc2n1. The van der Waals surface area contributed by atoms with E-state index in [2.05, 4.69) is 16.9 Å². The largest absolute Gasteiger partial charge is 0.386 e. The summed E-state index contributed by atoms with van der Waals surface area (Å²) in [6.45, 7) is 2.98. The summed E-state index contributed by atoms with van der Waals surface area (Å²) in [5, 5.41) is 11.6. The van der Waals surface area contributed by atoms with Crippen LogP contribution in [0.5, 0.6) is 0 Å². The second-order valence-corrected chi connectivity index (χ2v) is 5.23. The van der Waals surface area contributed by atoms with E-state index < -0.39 is 6.10 Å². The molecule has 108 valence electrons. The van der Waals surface area contributed by atoms with Gasteiger partial charge in [0.05, 0.1) is 23.7 Å². The van der Waals surface area contributed by atoms with E-state index in [1.807, 2.05) is 41.0 Å². The predicted molar refractivity (Wildman–Crippen MR) is 82.9 cm³/mol. The molecule has 1 unspecified atom stereocenters. The molecule has 3 rings (SSSR count). The van der Waals surface area contributed by atoms with Crippen molar-refractivity contribution in [1.29, 1.82) is 0 Å². The molecule has 4 nitrogen and oxygen atoms in total. The summed E-state index contributed by atoms with van der Waals surface area (Å²) in [6.07, 6.45) is 4.45. The number of nitrogens with zero attached hydrogens (tertiary/aromatic N) is 3. The fraction of sp³-hybridized carbons (Fsp3) is 0.294. The zero-order chi connectivity index (χ0) is 14.7. The standard InChI is InChI=1S/C17H19N3O/c1-2-9-20-12-18-11-16(20)17(21)10-14-8-7-13-5-3-4-6-15(13)19-14/h3-8,11-12,17,21H,2,9-10H2,1H3. The average molecular weight is 281 g/mol. The van der Waals surface area contributed by atoms with Gasteiger partial charge in [-0.3, -0.25) is 4.98 Å². The number of aliphatic hydroxyl groups excluding tert-OH is 1. The number of hydrogen-bond acceptors (Lipinski definition) is 3. The first-order chi connectivity index (χ1) is 10.3. The van der Waals surface area contributed by atoms with E-state index in [1.54, 1.807) is 12.5 Å². The van der Waals surface area contributed by atoms with Crippen molar-refractivity contribution in [3.8, 4) is 0 Å². The van der Waals surface area contributed by atoms with Gasteiger partial charge in [0, 0.05) is 24.0 Å². The highest BCUT2D eigenvalue weighted by molar-refractivity contribution is 5.78. The minimum atomic E-state index is -0.576. The molecule has 2 heterocycles. The highest BCUT2D eigenvalue weighted by Gasteiger charge is 2.14. The number of aromatic nitrogens is 3. The van der Waals surface area contributed by atoms with Crippen LogP contribution >= 0.6 is 0 Å². The van der Waals surface area contributed by atoms with Crippen molar-refractivity contribution in [1.82, 2.24) is 14.5 Å². The molecule has 0 fully saturated rings. The Morgan fingerprint density at radius 3 is 2.90 bits per heavy atom. The zero-order valence-corrected chi connectivity index (χ0v) is 12.1. The highest BCUT2D eigenvalue weighted by Crippen LogP contribution is 2.19. The van der Waals surface area contributed by atoms with Gasteiger partial charge in [0.2, 0.25) is 0 Å². The summed E-state index contributed by atoms with van der Waals surface area (Å²) < 4.78 is 2.01. The van der Waals surface area contributed by atoms with Crippen molar-refractivity contribution >= 4 is 10.9 Å². The van der Waals surface area contributed by atoms with Gasteiger partial charge in [-0.05, 0) is 18.6 Å². The molecule has 0 aliphatic rings. The van der Waals surface area contributed by atoms with Crippen LogP contribution in [-0.2, 0) is 13.0 Å². The molecule has 1 atom stereocenters. The molecular weight excluding hydrogens is 262 g/mol. The highest BCUT2D eigenvalue weighted by atomic mass is 16.3. The molecule has 21 heavy (non-hydrogen) atoms. The minimum Gasteiger partial charge on any atom is -0.386 e. The van der Waals surface area contributed by atoms with Crippen LogP contribution in [0.2, 0.25) is 0 Å². The Kier molecular flexibility index (Phi) is 3.97.